The summed E-state index contributed by atoms with van der Waals surface area (Å²) in [6.45, 7) is 3.23. The van der Waals surface area contributed by atoms with Gasteiger partial charge in [-0.05, 0) is 25.1 Å². The van der Waals surface area contributed by atoms with Crippen molar-refractivity contribution in [2.75, 3.05) is 18.4 Å². The number of hydrogen-bond donors (Lipinski definition) is 0. The van der Waals surface area contributed by atoms with Crippen LogP contribution < -0.4 is 0 Å². The van der Waals surface area contributed by atoms with Crippen LogP contribution in [0.1, 0.15) is 17.3 Å². The van der Waals surface area contributed by atoms with E-state index in [1.165, 1.54) is 0 Å². The van der Waals surface area contributed by atoms with Crippen molar-refractivity contribution in [1.82, 2.24) is 4.90 Å². The van der Waals surface area contributed by atoms with Crippen LogP contribution in [0.3, 0.4) is 0 Å². The van der Waals surface area contributed by atoms with Crippen LogP contribution in [-0.2, 0) is 0 Å². The van der Waals surface area contributed by atoms with Crippen molar-refractivity contribution in [3.8, 4) is 0 Å². The highest BCUT2D eigenvalue weighted by Crippen LogP contribution is 2.22. The van der Waals surface area contributed by atoms with Gasteiger partial charge in [-0.15, -0.1) is 0 Å². The Hall–Kier alpha value is -0.250. The summed E-state index contributed by atoms with van der Waals surface area (Å²) in [6.07, 6.45) is 0. The van der Waals surface area contributed by atoms with Gasteiger partial charge in [0, 0.05) is 23.4 Å². The van der Waals surface area contributed by atoms with Gasteiger partial charge < -0.3 is 4.90 Å². The molecule has 0 saturated heterocycles. The molecule has 16 heavy (non-hydrogen) atoms. The van der Waals surface area contributed by atoms with E-state index in [0.717, 1.165) is 5.33 Å². The van der Waals surface area contributed by atoms with Crippen molar-refractivity contribution in [3.63, 3.8) is 0 Å². The fourth-order valence-electron chi connectivity index (χ4n) is 1.34. The van der Waals surface area contributed by atoms with Gasteiger partial charge in [0.1, 0.15) is 0 Å². The second-order valence-electron chi connectivity index (χ2n) is 3.20. The Morgan fingerprint density at radius 1 is 1.44 bits per heavy atom. The maximum Gasteiger partial charge on any atom is 0.255 e. The molecule has 0 heterocycles. The van der Waals surface area contributed by atoms with Gasteiger partial charge in [0.25, 0.3) is 5.91 Å². The van der Waals surface area contributed by atoms with Crippen LogP contribution >= 0.6 is 39.1 Å². The smallest absolute Gasteiger partial charge is 0.255 e. The molecular formula is C11H12BrCl2NO. The quantitative estimate of drug-likeness (QED) is 0.770. The van der Waals surface area contributed by atoms with E-state index in [2.05, 4.69) is 15.9 Å². The minimum atomic E-state index is -0.0885. The Labute approximate surface area is 114 Å². The predicted octanol–water partition coefficient (Wildman–Crippen LogP) is 3.85. The highest BCUT2D eigenvalue weighted by molar-refractivity contribution is 9.09. The topological polar surface area (TPSA) is 20.3 Å². The minimum absolute atomic E-state index is 0.0885. The Morgan fingerprint density at radius 3 is 2.69 bits per heavy atom. The maximum absolute atomic E-state index is 12.1. The van der Waals surface area contributed by atoms with E-state index in [-0.39, 0.29) is 5.91 Å². The molecular weight excluding hydrogens is 313 g/mol. The number of rotatable bonds is 4. The number of carbonyl (C=O) groups excluding carboxylic acids is 1. The molecule has 0 saturated carbocycles. The molecule has 0 bridgehead atoms. The van der Waals surface area contributed by atoms with Crippen LogP contribution in [0.4, 0.5) is 0 Å². The number of halogens is 3. The van der Waals surface area contributed by atoms with Gasteiger partial charge in [0.2, 0.25) is 0 Å². The monoisotopic (exact) mass is 323 g/mol. The lowest BCUT2D eigenvalue weighted by Gasteiger charge is -2.20. The zero-order chi connectivity index (χ0) is 12.1. The SMILES string of the molecule is CCN(CCBr)C(=O)c1cc(Cl)ccc1Cl. The van der Waals surface area contributed by atoms with E-state index in [9.17, 15) is 4.79 Å². The molecule has 1 aromatic rings. The highest BCUT2D eigenvalue weighted by atomic mass is 79.9. The Balaban J connectivity index is 2.98. The number of hydrogen-bond acceptors (Lipinski definition) is 1. The molecule has 1 rings (SSSR count). The molecule has 0 unspecified atom stereocenters. The maximum atomic E-state index is 12.1. The molecule has 5 heteroatoms. The lowest BCUT2D eigenvalue weighted by atomic mass is 10.2. The van der Waals surface area contributed by atoms with E-state index in [1.54, 1.807) is 23.1 Å². The molecule has 1 amide bonds. The van der Waals surface area contributed by atoms with Crippen LogP contribution in [0.5, 0.6) is 0 Å². The Morgan fingerprint density at radius 2 is 2.12 bits per heavy atom. The van der Waals surface area contributed by atoms with Gasteiger partial charge >= 0.3 is 0 Å². The van der Waals surface area contributed by atoms with Crippen LogP contribution in [0.15, 0.2) is 18.2 Å². The van der Waals surface area contributed by atoms with E-state index in [4.69, 9.17) is 23.2 Å². The summed E-state index contributed by atoms with van der Waals surface area (Å²) in [5.41, 5.74) is 0.456. The highest BCUT2D eigenvalue weighted by Gasteiger charge is 2.16. The average Bonchev–Trinajstić information content (AvgIpc) is 2.28. The molecule has 0 aromatic heterocycles. The predicted molar refractivity (Wildman–Crippen MR) is 71.8 cm³/mol. The Kier molecular flexibility index (Phi) is 5.59. The van der Waals surface area contributed by atoms with Crippen molar-refractivity contribution >= 4 is 45.0 Å². The van der Waals surface area contributed by atoms with Crippen LogP contribution in [-0.4, -0.2) is 29.2 Å². The molecule has 88 valence electrons. The molecule has 0 spiro atoms. The fraction of sp³-hybridized carbons (Fsp3) is 0.364. The molecule has 0 aliphatic heterocycles. The van der Waals surface area contributed by atoms with Gasteiger partial charge in [-0.3, -0.25) is 4.79 Å². The zero-order valence-electron chi connectivity index (χ0n) is 8.84. The van der Waals surface area contributed by atoms with Crippen molar-refractivity contribution < 1.29 is 4.79 Å². The van der Waals surface area contributed by atoms with Gasteiger partial charge in [-0.2, -0.15) is 0 Å². The van der Waals surface area contributed by atoms with E-state index in [1.807, 2.05) is 6.92 Å². The summed E-state index contributed by atoms with van der Waals surface area (Å²) in [5, 5.41) is 1.69. The first-order valence-corrected chi connectivity index (χ1v) is 6.78. The number of amides is 1. The van der Waals surface area contributed by atoms with Crippen molar-refractivity contribution in [1.29, 1.82) is 0 Å². The summed E-state index contributed by atoms with van der Waals surface area (Å²) in [7, 11) is 0. The molecule has 0 N–H and O–H groups in total. The van der Waals surface area contributed by atoms with Gasteiger partial charge in [0.05, 0.1) is 10.6 Å². The lowest BCUT2D eigenvalue weighted by molar-refractivity contribution is 0.0775. The standard InChI is InChI=1S/C11H12BrCl2NO/c1-2-15(6-5-12)11(16)9-7-8(13)3-4-10(9)14/h3-4,7H,2,5-6H2,1H3. The zero-order valence-corrected chi connectivity index (χ0v) is 11.9. The van der Waals surface area contributed by atoms with Crippen molar-refractivity contribution in [2.45, 2.75) is 6.92 Å². The second-order valence-corrected chi connectivity index (χ2v) is 4.83. The van der Waals surface area contributed by atoms with Crippen LogP contribution in [0, 0.1) is 0 Å². The summed E-state index contributed by atoms with van der Waals surface area (Å²) >= 11 is 15.1. The first-order valence-electron chi connectivity index (χ1n) is 4.90. The van der Waals surface area contributed by atoms with Crippen molar-refractivity contribution in [2.24, 2.45) is 0 Å². The number of nitrogens with zero attached hydrogens (tertiary/aromatic N) is 1. The van der Waals surface area contributed by atoms with Gasteiger partial charge in [-0.25, -0.2) is 0 Å². The number of alkyl halides is 1. The number of carbonyl (C=O) groups is 1. The number of benzene rings is 1. The third-order valence-corrected chi connectivity index (χ3v) is 3.10. The van der Waals surface area contributed by atoms with Gasteiger partial charge in [0.15, 0.2) is 0 Å². The van der Waals surface area contributed by atoms with E-state index < -0.39 is 0 Å². The normalized spacial score (nSPS) is 10.2. The largest absolute Gasteiger partial charge is 0.338 e. The first-order chi connectivity index (χ1) is 7.60. The average molecular weight is 325 g/mol. The molecule has 2 nitrogen and oxygen atoms in total. The summed E-state index contributed by atoms with van der Waals surface area (Å²) in [5.74, 6) is -0.0885. The third kappa shape index (κ3) is 3.37. The first kappa shape index (κ1) is 13.8. The molecule has 1 aromatic carbocycles. The van der Waals surface area contributed by atoms with Crippen molar-refractivity contribution in [3.05, 3.63) is 33.8 Å². The van der Waals surface area contributed by atoms with Crippen LogP contribution in [0.2, 0.25) is 10.0 Å². The summed E-state index contributed by atoms with van der Waals surface area (Å²) in [6, 6.07) is 4.91. The molecule has 0 aliphatic rings. The second kappa shape index (κ2) is 6.48. The minimum Gasteiger partial charge on any atom is -0.338 e. The fourth-order valence-corrected chi connectivity index (χ4v) is 2.14. The van der Waals surface area contributed by atoms with E-state index in [0.29, 0.717) is 28.7 Å². The summed E-state index contributed by atoms with van der Waals surface area (Å²) in [4.78, 5) is 13.8. The van der Waals surface area contributed by atoms with E-state index >= 15 is 0 Å². The Bertz CT molecular complexity index is 384. The molecule has 0 aliphatic carbocycles. The third-order valence-electron chi connectivity index (χ3n) is 2.18. The molecule has 0 radical (unpaired) electrons. The molecule has 0 atom stereocenters. The molecule has 0 fully saturated rings. The lowest BCUT2D eigenvalue weighted by Crippen LogP contribution is -2.32. The van der Waals surface area contributed by atoms with Gasteiger partial charge in [-0.1, -0.05) is 39.1 Å². The summed E-state index contributed by atoms with van der Waals surface area (Å²) < 4.78 is 0. The van der Waals surface area contributed by atoms with Crippen LogP contribution in [0.25, 0.3) is 0 Å².